The van der Waals surface area contributed by atoms with Crippen LogP contribution < -0.4 is 5.76 Å². The maximum absolute atomic E-state index is 12.1. The molecule has 1 amide bonds. The van der Waals surface area contributed by atoms with Crippen LogP contribution in [0, 0.1) is 0 Å². The van der Waals surface area contributed by atoms with Crippen LogP contribution in [0.3, 0.4) is 0 Å². The number of benzene rings is 1. The Morgan fingerprint density at radius 1 is 1.32 bits per heavy atom. The molecular formula is C14H16N2O3. The molecule has 0 spiro atoms. The molecule has 5 nitrogen and oxygen atoms in total. The van der Waals surface area contributed by atoms with Crippen molar-refractivity contribution in [3.63, 3.8) is 0 Å². The van der Waals surface area contributed by atoms with Crippen molar-refractivity contribution < 1.29 is 9.21 Å². The molecule has 0 bridgehead atoms. The molecule has 19 heavy (non-hydrogen) atoms. The Hall–Kier alpha value is -2.04. The fraction of sp³-hybridized carbons (Fsp3) is 0.429. The molecule has 0 N–H and O–H groups in total. The predicted molar refractivity (Wildman–Crippen MR) is 71.0 cm³/mol. The lowest BCUT2D eigenvalue weighted by Crippen LogP contribution is -2.29. The number of hydrogen-bond donors (Lipinski definition) is 0. The van der Waals surface area contributed by atoms with Crippen molar-refractivity contribution in [3.8, 4) is 0 Å². The maximum atomic E-state index is 12.1. The number of amides is 1. The van der Waals surface area contributed by atoms with Crippen LogP contribution >= 0.6 is 0 Å². The van der Waals surface area contributed by atoms with Crippen molar-refractivity contribution in [3.05, 3.63) is 34.3 Å². The third-order valence-corrected chi connectivity index (χ3v) is 3.67. The van der Waals surface area contributed by atoms with E-state index < -0.39 is 0 Å². The van der Waals surface area contributed by atoms with Gasteiger partial charge in [0.15, 0.2) is 5.58 Å². The Kier molecular flexibility index (Phi) is 2.89. The summed E-state index contributed by atoms with van der Waals surface area (Å²) in [5.74, 6) is -0.219. The summed E-state index contributed by atoms with van der Waals surface area (Å²) >= 11 is 0. The number of fused-ring (bicyclic) bond motifs is 1. The highest BCUT2D eigenvalue weighted by molar-refractivity contribution is 5.81. The smallest absolute Gasteiger partial charge is 0.408 e. The summed E-state index contributed by atoms with van der Waals surface area (Å²) in [4.78, 5) is 25.4. The molecule has 0 atom stereocenters. The SMILES string of the molecule is Cn1c(=O)oc2ccc(CC(=O)N3CCCC3)cc21. The second-order valence-electron chi connectivity index (χ2n) is 4.99. The fourth-order valence-corrected chi connectivity index (χ4v) is 2.54. The predicted octanol–water partition coefficient (Wildman–Crippen LogP) is 1.30. The van der Waals surface area contributed by atoms with E-state index in [2.05, 4.69) is 0 Å². The van der Waals surface area contributed by atoms with Gasteiger partial charge < -0.3 is 9.32 Å². The van der Waals surface area contributed by atoms with Gasteiger partial charge in [0.05, 0.1) is 11.9 Å². The number of oxazole rings is 1. The van der Waals surface area contributed by atoms with Gasteiger partial charge in [0, 0.05) is 20.1 Å². The number of likely N-dealkylation sites (tertiary alicyclic amines) is 1. The summed E-state index contributed by atoms with van der Waals surface area (Å²) in [7, 11) is 1.67. The van der Waals surface area contributed by atoms with Gasteiger partial charge in [0.25, 0.3) is 0 Å². The van der Waals surface area contributed by atoms with Gasteiger partial charge in [0.2, 0.25) is 5.91 Å². The third kappa shape index (κ3) is 2.16. The molecule has 0 saturated carbocycles. The van der Waals surface area contributed by atoms with E-state index in [9.17, 15) is 9.59 Å². The summed E-state index contributed by atoms with van der Waals surface area (Å²) in [5, 5.41) is 0. The Bertz CT molecular complexity index is 678. The number of aromatic nitrogens is 1. The van der Waals surface area contributed by atoms with E-state index in [1.807, 2.05) is 17.0 Å². The molecule has 2 heterocycles. The zero-order valence-corrected chi connectivity index (χ0v) is 10.9. The van der Waals surface area contributed by atoms with Gasteiger partial charge >= 0.3 is 5.76 Å². The van der Waals surface area contributed by atoms with Crippen molar-refractivity contribution in [2.24, 2.45) is 7.05 Å². The quantitative estimate of drug-likeness (QED) is 0.817. The summed E-state index contributed by atoms with van der Waals surface area (Å²) in [6.07, 6.45) is 2.58. The van der Waals surface area contributed by atoms with Crippen molar-refractivity contribution in [1.82, 2.24) is 9.47 Å². The van der Waals surface area contributed by atoms with Crippen molar-refractivity contribution in [2.45, 2.75) is 19.3 Å². The Labute approximate surface area is 110 Å². The fourth-order valence-electron chi connectivity index (χ4n) is 2.54. The highest BCUT2D eigenvalue weighted by Crippen LogP contribution is 2.16. The summed E-state index contributed by atoms with van der Waals surface area (Å²) in [5.41, 5.74) is 2.21. The minimum Gasteiger partial charge on any atom is -0.408 e. The summed E-state index contributed by atoms with van der Waals surface area (Å²) in [6.45, 7) is 1.73. The van der Waals surface area contributed by atoms with Gasteiger partial charge in [-0.15, -0.1) is 0 Å². The van der Waals surface area contributed by atoms with E-state index in [-0.39, 0.29) is 11.7 Å². The first kappa shape index (κ1) is 12.0. The van der Waals surface area contributed by atoms with Crippen LogP contribution in [-0.4, -0.2) is 28.5 Å². The normalized spacial score (nSPS) is 15.3. The lowest BCUT2D eigenvalue weighted by molar-refractivity contribution is -0.129. The number of hydrogen-bond acceptors (Lipinski definition) is 3. The van der Waals surface area contributed by atoms with Crippen LogP contribution in [0.5, 0.6) is 0 Å². The number of aryl methyl sites for hydroxylation is 1. The van der Waals surface area contributed by atoms with Crippen LogP contribution in [0.25, 0.3) is 11.1 Å². The zero-order chi connectivity index (χ0) is 13.4. The molecule has 1 aromatic heterocycles. The van der Waals surface area contributed by atoms with Crippen molar-refractivity contribution >= 4 is 17.0 Å². The number of rotatable bonds is 2. The van der Waals surface area contributed by atoms with Crippen molar-refractivity contribution in [1.29, 1.82) is 0 Å². The van der Waals surface area contributed by atoms with Gasteiger partial charge in [-0.05, 0) is 30.5 Å². The molecule has 1 saturated heterocycles. The Morgan fingerprint density at radius 3 is 2.79 bits per heavy atom. The molecule has 1 aliphatic rings. The first-order valence-corrected chi connectivity index (χ1v) is 6.51. The van der Waals surface area contributed by atoms with Gasteiger partial charge in [-0.25, -0.2) is 4.79 Å². The first-order chi connectivity index (χ1) is 9.15. The second kappa shape index (κ2) is 4.57. The Balaban J connectivity index is 1.86. The van der Waals surface area contributed by atoms with Gasteiger partial charge in [-0.1, -0.05) is 6.07 Å². The first-order valence-electron chi connectivity index (χ1n) is 6.51. The average Bonchev–Trinajstić information content (AvgIpc) is 3.01. The largest absolute Gasteiger partial charge is 0.419 e. The van der Waals surface area contributed by atoms with Crippen LogP contribution in [-0.2, 0) is 18.3 Å². The lowest BCUT2D eigenvalue weighted by Gasteiger charge is -2.14. The topological polar surface area (TPSA) is 55.5 Å². The molecule has 5 heteroatoms. The van der Waals surface area contributed by atoms with Crippen LogP contribution in [0.1, 0.15) is 18.4 Å². The monoisotopic (exact) mass is 260 g/mol. The van der Waals surface area contributed by atoms with E-state index in [0.717, 1.165) is 37.0 Å². The third-order valence-electron chi connectivity index (χ3n) is 3.67. The molecule has 0 unspecified atom stereocenters. The van der Waals surface area contributed by atoms with E-state index in [4.69, 9.17) is 4.42 Å². The maximum Gasteiger partial charge on any atom is 0.419 e. The number of carbonyl (C=O) groups is 1. The van der Waals surface area contributed by atoms with E-state index in [1.54, 1.807) is 13.1 Å². The molecule has 3 rings (SSSR count). The van der Waals surface area contributed by atoms with Crippen LogP contribution in [0.4, 0.5) is 0 Å². The average molecular weight is 260 g/mol. The molecular weight excluding hydrogens is 244 g/mol. The summed E-state index contributed by atoms with van der Waals surface area (Å²) < 4.78 is 6.53. The molecule has 100 valence electrons. The minimum absolute atomic E-state index is 0.158. The number of nitrogens with zero attached hydrogens (tertiary/aromatic N) is 2. The van der Waals surface area contributed by atoms with Crippen LogP contribution in [0.2, 0.25) is 0 Å². The standard InChI is InChI=1S/C14H16N2O3/c1-15-11-8-10(4-5-12(11)19-14(15)18)9-13(17)16-6-2-3-7-16/h4-5,8H,2-3,6-7,9H2,1H3. The van der Waals surface area contributed by atoms with E-state index >= 15 is 0 Å². The second-order valence-corrected chi connectivity index (χ2v) is 4.99. The molecule has 1 aliphatic heterocycles. The molecule has 2 aromatic rings. The molecule has 0 radical (unpaired) electrons. The van der Waals surface area contributed by atoms with Gasteiger partial charge in [0.1, 0.15) is 0 Å². The highest BCUT2D eigenvalue weighted by Gasteiger charge is 2.18. The lowest BCUT2D eigenvalue weighted by atomic mass is 10.1. The minimum atomic E-state index is -0.377. The van der Waals surface area contributed by atoms with Crippen molar-refractivity contribution in [2.75, 3.05) is 13.1 Å². The Morgan fingerprint density at radius 2 is 2.05 bits per heavy atom. The number of carbonyl (C=O) groups excluding carboxylic acids is 1. The van der Waals surface area contributed by atoms with Crippen LogP contribution in [0.15, 0.2) is 27.4 Å². The molecule has 0 aliphatic carbocycles. The van der Waals surface area contributed by atoms with E-state index in [1.165, 1.54) is 4.57 Å². The van der Waals surface area contributed by atoms with Gasteiger partial charge in [-0.2, -0.15) is 0 Å². The summed E-state index contributed by atoms with van der Waals surface area (Å²) in [6, 6.07) is 5.46. The zero-order valence-electron chi connectivity index (χ0n) is 10.9. The van der Waals surface area contributed by atoms with E-state index in [0.29, 0.717) is 12.0 Å². The highest BCUT2D eigenvalue weighted by atomic mass is 16.4. The van der Waals surface area contributed by atoms with Gasteiger partial charge in [-0.3, -0.25) is 9.36 Å². The molecule has 1 aromatic carbocycles. The molecule has 1 fully saturated rings.